The van der Waals surface area contributed by atoms with Gasteiger partial charge >= 0.3 is 0 Å². The molecule has 0 spiro atoms. The van der Waals surface area contributed by atoms with Crippen molar-refractivity contribution in [1.82, 2.24) is 0 Å². The van der Waals surface area contributed by atoms with E-state index < -0.39 is 0 Å². The van der Waals surface area contributed by atoms with Gasteiger partial charge in [-0.25, -0.2) is 0 Å². The van der Waals surface area contributed by atoms with E-state index in [0.29, 0.717) is 12.0 Å². The monoisotopic (exact) mass is 141 g/mol. The SMILES string of the molecule is C=C([CH]CC(=C)CO)CO. The second-order valence-corrected chi connectivity index (χ2v) is 2.13. The molecule has 0 bridgehead atoms. The summed E-state index contributed by atoms with van der Waals surface area (Å²) in [6.45, 7) is 7.09. The molecule has 0 aromatic carbocycles. The molecular formula is C8H13O2. The van der Waals surface area contributed by atoms with Gasteiger partial charge in [-0.05, 0) is 18.4 Å². The molecule has 2 N–H and O–H groups in total. The first-order chi connectivity index (χ1) is 4.70. The Morgan fingerprint density at radius 3 is 2.20 bits per heavy atom. The molecular weight excluding hydrogens is 128 g/mol. The minimum absolute atomic E-state index is 0.00475. The third-order valence-corrected chi connectivity index (χ3v) is 1.11. The second-order valence-electron chi connectivity index (χ2n) is 2.13. The third kappa shape index (κ3) is 4.30. The Hall–Kier alpha value is -0.600. The van der Waals surface area contributed by atoms with Crippen molar-refractivity contribution in [2.24, 2.45) is 0 Å². The lowest BCUT2D eigenvalue weighted by Gasteiger charge is -2.01. The van der Waals surface area contributed by atoms with E-state index in [0.717, 1.165) is 5.57 Å². The summed E-state index contributed by atoms with van der Waals surface area (Å²) in [5.41, 5.74) is 1.39. The maximum Gasteiger partial charge on any atom is 0.0642 e. The van der Waals surface area contributed by atoms with E-state index in [4.69, 9.17) is 10.2 Å². The zero-order valence-corrected chi connectivity index (χ0v) is 6.01. The van der Waals surface area contributed by atoms with Crippen LogP contribution in [0.5, 0.6) is 0 Å². The van der Waals surface area contributed by atoms with E-state index in [9.17, 15) is 0 Å². The molecule has 0 heterocycles. The predicted molar refractivity (Wildman–Crippen MR) is 41.4 cm³/mol. The Labute approximate surface area is 61.5 Å². The van der Waals surface area contributed by atoms with Crippen molar-refractivity contribution in [1.29, 1.82) is 0 Å². The molecule has 0 saturated carbocycles. The van der Waals surface area contributed by atoms with Gasteiger partial charge in [0, 0.05) is 0 Å². The molecule has 0 unspecified atom stereocenters. The molecule has 0 aliphatic carbocycles. The minimum atomic E-state index is -0.0291. The normalized spacial score (nSPS) is 9.40. The number of rotatable bonds is 5. The van der Waals surface area contributed by atoms with Crippen molar-refractivity contribution in [3.63, 3.8) is 0 Å². The van der Waals surface area contributed by atoms with Crippen molar-refractivity contribution < 1.29 is 10.2 Å². The van der Waals surface area contributed by atoms with Crippen LogP contribution < -0.4 is 0 Å². The summed E-state index contributed by atoms with van der Waals surface area (Å²) in [4.78, 5) is 0. The fourth-order valence-electron chi connectivity index (χ4n) is 0.418. The van der Waals surface area contributed by atoms with Crippen LogP contribution in [0.15, 0.2) is 24.3 Å². The minimum Gasteiger partial charge on any atom is -0.392 e. The van der Waals surface area contributed by atoms with Crippen LogP contribution in [0.4, 0.5) is 0 Å². The Kier molecular flexibility index (Phi) is 4.89. The van der Waals surface area contributed by atoms with Crippen LogP contribution >= 0.6 is 0 Å². The van der Waals surface area contributed by atoms with E-state index in [1.54, 1.807) is 6.42 Å². The van der Waals surface area contributed by atoms with Gasteiger partial charge in [0.2, 0.25) is 0 Å². The predicted octanol–water partition coefficient (Wildman–Crippen LogP) is 0.678. The van der Waals surface area contributed by atoms with E-state index in [-0.39, 0.29) is 13.2 Å². The summed E-state index contributed by atoms with van der Waals surface area (Å²) < 4.78 is 0. The average Bonchev–Trinajstić information content (AvgIpc) is 1.99. The van der Waals surface area contributed by atoms with Gasteiger partial charge < -0.3 is 10.2 Å². The van der Waals surface area contributed by atoms with Crippen molar-refractivity contribution in [2.45, 2.75) is 6.42 Å². The molecule has 0 aliphatic heterocycles. The molecule has 10 heavy (non-hydrogen) atoms. The van der Waals surface area contributed by atoms with Crippen molar-refractivity contribution in [3.8, 4) is 0 Å². The lowest BCUT2D eigenvalue weighted by atomic mass is 10.1. The third-order valence-electron chi connectivity index (χ3n) is 1.11. The van der Waals surface area contributed by atoms with Crippen LogP contribution in [-0.4, -0.2) is 23.4 Å². The molecule has 0 aliphatic rings. The molecule has 57 valence electrons. The standard InChI is InChI=1S/C8H13O2/c1-7(5-9)3-4-8(2)6-10/h3,9-10H,1-2,4-6H2. The highest BCUT2D eigenvalue weighted by molar-refractivity contribution is 5.13. The Bertz CT molecular complexity index is 111. The van der Waals surface area contributed by atoms with Gasteiger partial charge in [0.1, 0.15) is 0 Å². The first-order valence-electron chi connectivity index (χ1n) is 3.10. The van der Waals surface area contributed by atoms with Crippen molar-refractivity contribution in [3.05, 3.63) is 30.7 Å². The van der Waals surface area contributed by atoms with Gasteiger partial charge in [0.25, 0.3) is 0 Å². The van der Waals surface area contributed by atoms with Crippen molar-refractivity contribution >= 4 is 0 Å². The zero-order chi connectivity index (χ0) is 7.98. The molecule has 0 aromatic rings. The van der Waals surface area contributed by atoms with E-state index in [1.165, 1.54) is 0 Å². The Balaban J connectivity index is 3.35. The molecule has 0 rings (SSSR count). The van der Waals surface area contributed by atoms with E-state index in [1.807, 2.05) is 0 Å². The van der Waals surface area contributed by atoms with Crippen LogP contribution in [0.3, 0.4) is 0 Å². The Morgan fingerprint density at radius 2 is 1.80 bits per heavy atom. The number of aliphatic hydroxyl groups is 2. The summed E-state index contributed by atoms with van der Waals surface area (Å²) in [7, 11) is 0. The quantitative estimate of drug-likeness (QED) is 0.553. The number of hydrogen-bond donors (Lipinski definition) is 2. The molecule has 0 aromatic heterocycles. The highest BCUT2D eigenvalue weighted by Gasteiger charge is 1.94. The van der Waals surface area contributed by atoms with Gasteiger partial charge in [-0.15, -0.1) is 0 Å². The van der Waals surface area contributed by atoms with Gasteiger partial charge in [-0.2, -0.15) is 0 Å². The highest BCUT2D eigenvalue weighted by Crippen LogP contribution is 2.05. The number of aliphatic hydroxyl groups excluding tert-OH is 2. The van der Waals surface area contributed by atoms with Crippen LogP contribution in [0.1, 0.15) is 6.42 Å². The average molecular weight is 141 g/mol. The van der Waals surface area contributed by atoms with Crippen LogP contribution in [0.2, 0.25) is 0 Å². The first-order valence-corrected chi connectivity index (χ1v) is 3.10. The van der Waals surface area contributed by atoms with Crippen molar-refractivity contribution in [2.75, 3.05) is 13.2 Å². The summed E-state index contributed by atoms with van der Waals surface area (Å²) in [6, 6.07) is 0. The maximum atomic E-state index is 8.51. The molecule has 0 saturated heterocycles. The van der Waals surface area contributed by atoms with Gasteiger partial charge in [0.15, 0.2) is 0 Å². The zero-order valence-electron chi connectivity index (χ0n) is 6.01. The highest BCUT2D eigenvalue weighted by atomic mass is 16.3. The van der Waals surface area contributed by atoms with Crippen LogP contribution in [0, 0.1) is 6.42 Å². The smallest absolute Gasteiger partial charge is 0.0642 e. The first kappa shape index (κ1) is 9.40. The fourth-order valence-corrected chi connectivity index (χ4v) is 0.418. The second kappa shape index (κ2) is 5.21. The van der Waals surface area contributed by atoms with Crippen LogP contribution in [0.25, 0.3) is 0 Å². The lowest BCUT2D eigenvalue weighted by Crippen LogP contribution is -1.93. The molecule has 0 atom stereocenters. The Morgan fingerprint density at radius 1 is 1.20 bits per heavy atom. The summed E-state index contributed by atoms with van der Waals surface area (Å²) in [6.07, 6.45) is 2.34. The molecule has 0 fully saturated rings. The lowest BCUT2D eigenvalue weighted by molar-refractivity contribution is 0.325. The van der Waals surface area contributed by atoms with Crippen LogP contribution in [-0.2, 0) is 0 Å². The maximum absolute atomic E-state index is 8.51. The summed E-state index contributed by atoms with van der Waals surface area (Å²) in [5.74, 6) is 0. The number of hydrogen-bond acceptors (Lipinski definition) is 2. The van der Waals surface area contributed by atoms with Gasteiger partial charge in [-0.3, -0.25) is 0 Å². The van der Waals surface area contributed by atoms with E-state index in [2.05, 4.69) is 13.2 Å². The largest absolute Gasteiger partial charge is 0.392 e. The van der Waals surface area contributed by atoms with Gasteiger partial charge in [-0.1, -0.05) is 18.7 Å². The molecule has 2 nitrogen and oxygen atoms in total. The molecule has 2 heteroatoms. The molecule has 0 amide bonds. The topological polar surface area (TPSA) is 40.5 Å². The summed E-state index contributed by atoms with van der Waals surface area (Å²) >= 11 is 0. The van der Waals surface area contributed by atoms with Gasteiger partial charge in [0.05, 0.1) is 13.2 Å². The summed E-state index contributed by atoms with van der Waals surface area (Å²) in [5, 5.41) is 17.0. The molecule has 1 radical (unpaired) electrons. The fraction of sp³-hybridized carbons (Fsp3) is 0.375. The van der Waals surface area contributed by atoms with E-state index >= 15 is 0 Å².